The summed E-state index contributed by atoms with van der Waals surface area (Å²) in [4.78, 5) is 0. The third-order valence-corrected chi connectivity index (χ3v) is 2.23. The predicted molar refractivity (Wildman–Crippen MR) is 43.3 cm³/mol. The fourth-order valence-corrected chi connectivity index (χ4v) is 1.11. The van der Waals surface area contributed by atoms with E-state index >= 15 is 0 Å². The number of nitrogens with one attached hydrogen (secondary N) is 1. The van der Waals surface area contributed by atoms with Crippen LogP contribution >= 0.6 is 0 Å². The molecule has 0 aromatic carbocycles. The van der Waals surface area contributed by atoms with Gasteiger partial charge in [0.05, 0.1) is 6.10 Å². The minimum atomic E-state index is -0.288. The summed E-state index contributed by atoms with van der Waals surface area (Å²) >= 11 is 0. The van der Waals surface area contributed by atoms with Crippen molar-refractivity contribution in [3.63, 3.8) is 0 Å². The van der Waals surface area contributed by atoms with Crippen molar-refractivity contribution in [2.45, 2.75) is 25.9 Å². The number of rotatable bonds is 5. The van der Waals surface area contributed by atoms with Crippen LogP contribution in [0.5, 0.6) is 0 Å². The molecule has 1 atom stereocenters. The molecule has 0 radical (unpaired) electrons. The molecule has 1 saturated carbocycles. The molecule has 0 unspecified atom stereocenters. The molecule has 11 heavy (non-hydrogen) atoms. The second-order valence-electron chi connectivity index (χ2n) is 3.64. The Morgan fingerprint density at radius 1 is 1.55 bits per heavy atom. The zero-order valence-electron chi connectivity index (χ0n) is 7.01. The van der Waals surface area contributed by atoms with E-state index in [0.29, 0.717) is 6.54 Å². The fourth-order valence-electron chi connectivity index (χ4n) is 1.11. The topological polar surface area (TPSA) is 52.5 Å². The van der Waals surface area contributed by atoms with Crippen molar-refractivity contribution in [2.24, 2.45) is 5.41 Å². The number of aliphatic hydroxyl groups is 2. The van der Waals surface area contributed by atoms with Crippen molar-refractivity contribution in [1.29, 1.82) is 0 Å². The Morgan fingerprint density at radius 2 is 2.18 bits per heavy atom. The van der Waals surface area contributed by atoms with Crippen LogP contribution in [0.1, 0.15) is 19.8 Å². The SMILES string of the molecule is C[C@H](O)CNCC1(CO)CC1. The summed E-state index contributed by atoms with van der Waals surface area (Å²) in [5, 5.41) is 21.0. The summed E-state index contributed by atoms with van der Waals surface area (Å²) in [6.45, 7) is 3.50. The van der Waals surface area contributed by atoms with E-state index in [2.05, 4.69) is 5.32 Å². The van der Waals surface area contributed by atoms with E-state index in [0.717, 1.165) is 19.4 Å². The Labute approximate surface area is 67.4 Å². The maximum Gasteiger partial charge on any atom is 0.0636 e. The lowest BCUT2D eigenvalue weighted by molar-refractivity contribution is 0.174. The predicted octanol–water partition coefficient (Wildman–Crippen LogP) is -0.271. The molecule has 0 aromatic heterocycles. The molecule has 66 valence electrons. The molecule has 3 heteroatoms. The molecule has 0 heterocycles. The van der Waals surface area contributed by atoms with Gasteiger partial charge in [-0.1, -0.05) is 0 Å². The first kappa shape index (κ1) is 8.97. The Bertz CT molecular complexity index is 121. The van der Waals surface area contributed by atoms with Crippen molar-refractivity contribution < 1.29 is 10.2 Å². The van der Waals surface area contributed by atoms with Gasteiger partial charge in [0.25, 0.3) is 0 Å². The van der Waals surface area contributed by atoms with Crippen LogP contribution in [-0.4, -0.2) is 36.0 Å². The molecule has 0 spiro atoms. The molecule has 0 aliphatic heterocycles. The standard InChI is InChI=1S/C8H17NO2/c1-7(11)4-9-5-8(6-10)2-3-8/h7,9-11H,2-6H2,1H3/t7-/m0/s1. The molecule has 0 bridgehead atoms. The van der Waals surface area contributed by atoms with Gasteiger partial charge < -0.3 is 15.5 Å². The summed E-state index contributed by atoms with van der Waals surface area (Å²) < 4.78 is 0. The van der Waals surface area contributed by atoms with Gasteiger partial charge in [-0.25, -0.2) is 0 Å². The van der Waals surface area contributed by atoms with Gasteiger partial charge in [-0.2, -0.15) is 0 Å². The Hall–Kier alpha value is -0.120. The lowest BCUT2D eigenvalue weighted by atomic mass is 10.1. The highest BCUT2D eigenvalue weighted by molar-refractivity contribution is 4.94. The second-order valence-corrected chi connectivity index (χ2v) is 3.64. The molecule has 0 saturated heterocycles. The Balaban J connectivity index is 2.03. The van der Waals surface area contributed by atoms with E-state index in [-0.39, 0.29) is 18.1 Å². The quantitative estimate of drug-likeness (QED) is 0.517. The van der Waals surface area contributed by atoms with E-state index in [1.54, 1.807) is 6.92 Å². The van der Waals surface area contributed by atoms with Crippen LogP contribution in [0.4, 0.5) is 0 Å². The highest BCUT2D eigenvalue weighted by Crippen LogP contribution is 2.44. The Kier molecular flexibility index (Phi) is 2.87. The van der Waals surface area contributed by atoms with Crippen molar-refractivity contribution >= 4 is 0 Å². The first-order chi connectivity index (χ1) is 5.18. The van der Waals surface area contributed by atoms with Crippen molar-refractivity contribution in [1.82, 2.24) is 5.32 Å². The van der Waals surface area contributed by atoms with Crippen LogP contribution in [0.15, 0.2) is 0 Å². The van der Waals surface area contributed by atoms with Gasteiger partial charge in [0.2, 0.25) is 0 Å². The maximum atomic E-state index is 8.92. The normalized spacial score (nSPS) is 23.2. The largest absolute Gasteiger partial charge is 0.396 e. The molecular weight excluding hydrogens is 142 g/mol. The molecule has 3 nitrogen and oxygen atoms in total. The third-order valence-electron chi connectivity index (χ3n) is 2.23. The van der Waals surface area contributed by atoms with Gasteiger partial charge in [-0.15, -0.1) is 0 Å². The van der Waals surface area contributed by atoms with Crippen molar-refractivity contribution in [3.8, 4) is 0 Å². The molecular formula is C8H17NO2. The summed E-state index contributed by atoms with van der Waals surface area (Å²) in [6, 6.07) is 0. The molecule has 1 fully saturated rings. The number of hydrogen-bond acceptors (Lipinski definition) is 3. The van der Waals surface area contributed by atoms with E-state index in [1.807, 2.05) is 0 Å². The van der Waals surface area contributed by atoms with Gasteiger partial charge in [0.1, 0.15) is 0 Å². The van der Waals surface area contributed by atoms with Crippen LogP contribution in [0, 0.1) is 5.41 Å². The summed E-state index contributed by atoms with van der Waals surface area (Å²) in [6.07, 6.45) is 1.96. The zero-order chi connectivity index (χ0) is 8.32. The van der Waals surface area contributed by atoms with E-state index in [4.69, 9.17) is 10.2 Å². The number of hydrogen-bond donors (Lipinski definition) is 3. The first-order valence-corrected chi connectivity index (χ1v) is 4.18. The minimum Gasteiger partial charge on any atom is -0.396 e. The molecule has 1 rings (SSSR count). The van der Waals surface area contributed by atoms with Gasteiger partial charge in [-0.3, -0.25) is 0 Å². The average molecular weight is 159 g/mol. The first-order valence-electron chi connectivity index (χ1n) is 4.18. The van der Waals surface area contributed by atoms with Crippen molar-refractivity contribution in [3.05, 3.63) is 0 Å². The summed E-state index contributed by atoms with van der Waals surface area (Å²) in [5.74, 6) is 0. The number of aliphatic hydroxyl groups excluding tert-OH is 2. The van der Waals surface area contributed by atoms with Gasteiger partial charge in [-0.05, 0) is 19.8 Å². The van der Waals surface area contributed by atoms with Gasteiger partial charge in [0, 0.05) is 25.1 Å². The molecule has 1 aliphatic carbocycles. The molecule has 0 aromatic rings. The minimum absolute atomic E-state index is 0.162. The zero-order valence-corrected chi connectivity index (χ0v) is 7.01. The van der Waals surface area contributed by atoms with Crippen LogP contribution in [0.25, 0.3) is 0 Å². The maximum absolute atomic E-state index is 8.92. The highest BCUT2D eigenvalue weighted by Gasteiger charge is 2.41. The smallest absolute Gasteiger partial charge is 0.0636 e. The van der Waals surface area contributed by atoms with Crippen LogP contribution < -0.4 is 5.32 Å². The van der Waals surface area contributed by atoms with E-state index in [1.165, 1.54) is 0 Å². The van der Waals surface area contributed by atoms with Crippen LogP contribution in [0.3, 0.4) is 0 Å². The second kappa shape index (κ2) is 3.52. The summed E-state index contributed by atoms with van der Waals surface area (Å²) in [5.41, 5.74) is 0.162. The third kappa shape index (κ3) is 2.77. The van der Waals surface area contributed by atoms with Gasteiger partial charge >= 0.3 is 0 Å². The van der Waals surface area contributed by atoms with Crippen molar-refractivity contribution in [2.75, 3.05) is 19.7 Å². The lowest BCUT2D eigenvalue weighted by Gasteiger charge is -2.13. The fraction of sp³-hybridized carbons (Fsp3) is 1.00. The highest BCUT2D eigenvalue weighted by atomic mass is 16.3. The molecule has 3 N–H and O–H groups in total. The van der Waals surface area contributed by atoms with Crippen LogP contribution in [-0.2, 0) is 0 Å². The molecule has 1 aliphatic rings. The average Bonchev–Trinajstić information content (AvgIpc) is 2.69. The summed E-state index contributed by atoms with van der Waals surface area (Å²) in [7, 11) is 0. The monoisotopic (exact) mass is 159 g/mol. The van der Waals surface area contributed by atoms with E-state index < -0.39 is 0 Å². The van der Waals surface area contributed by atoms with Gasteiger partial charge in [0.15, 0.2) is 0 Å². The lowest BCUT2D eigenvalue weighted by Crippen LogP contribution is -2.31. The Morgan fingerprint density at radius 3 is 2.55 bits per heavy atom. The van der Waals surface area contributed by atoms with Crippen LogP contribution in [0.2, 0.25) is 0 Å². The molecule has 0 amide bonds. The van der Waals surface area contributed by atoms with E-state index in [9.17, 15) is 0 Å².